The molecule has 0 bridgehead atoms. The second-order valence-corrected chi connectivity index (χ2v) is 8.30. The van der Waals surface area contributed by atoms with E-state index < -0.39 is 60.1 Å². The lowest BCUT2D eigenvalue weighted by Crippen LogP contribution is -2.48. The van der Waals surface area contributed by atoms with Crippen molar-refractivity contribution in [1.29, 1.82) is 0 Å². The van der Waals surface area contributed by atoms with Gasteiger partial charge in [-0.1, -0.05) is 44.2 Å². The Bertz CT molecular complexity index is 886. The van der Waals surface area contributed by atoms with Crippen LogP contribution in [-0.2, 0) is 54.1 Å². The van der Waals surface area contributed by atoms with Crippen LogP contribution in [0.25, 0.3) is 0 Å². The number of methoxy groups -OCH3 is 1. The predicted octanol–water partition coefficient (Wildman–Crippen LogP) is 1.35. The summed E-state index contributed by atoms with van der Waals surface area (Å²) < 4.78 is 25.0. The fourth-order valence-corrected chi connectivity index (χ4v) is 2.66. The van der Waals surface area contributed by atoms with Crippen LogP contribution in [-0.4, -0.2) is 74.5 Å². The maximum Gasteiger partial charge on any atom is 0.347 e. The average Bonchev–Trinajstić information content (AvgIpc) is 2.83. The van der Waals surface area contributed by atoms with Crippen LogP contribution >= 0.6 is 0 Å². The molecule has 0 radical (unpaired) electrons. The third-order valence-electron chi connectivity index (χ3n) is 4.80. The Balaban J connectivity index is 2.70. The number of hydrogen-bond acceptors (Lipinski definition) is 10. The van der Waals surface area contributed by atoms with Gasteiger partial charge < -0.3 is 29.0 Å². The molecule has 200 valence electrons. The highest BCUT2D eigenvalue weighted by Crippen LogP contribution is 2.08. The van der Waals surface area contributed by atoms with E-state index in [-0.39, 0.29) is 19.6 Å². The van der Waals surface area contributed by atoms with Gasteiger partial charge in [0.15, 0.2) is 18.3 Å². The van der Waals surface area contributed by atoms with Crippen LogP contribution < -0.4 is 5.32 Å². The summed E-state index contributed by atoms with van der Waals surface area (Å²) in [5.41, 5.74) is 0.781. The Kier molecular flexibility index (Phi) is 13.2. The molecule has 1 amide bonds. The zero-order valence-corrected chi connectivity index (χ0v) is 21.5. The SMILES string of the molecule is COCCOC(=O)C(Cc1ccccc1)NC(=O)C(C)OC(=O)C(C)OC(=O)C(C)OC(=O)C(C)C. The van der Waals surface area contributed by atoms with Crippen LogP contribution in [0, 0.1) is 5.92 Å². The highest BCUT2D eigenvalue weighted by atomic mass is 16.6. The molecule has 0 aliphatic heterocycles. The minimum atomic E-state index is -1.37. The van der Waals surface area contributed by atoms with Crippen LogP contribution in [0.15, 0.2) is 30.3 Å². The summed E-state index contributed by atoms with van der Waals surface area (Å²) in [5.74, 6) is -4.38. The van der Waals surface area contributed by atoms with Gasteiger partial charge in [0.2, 0.25) is 0 Å². The molecule has 1 rings (SSSR count). The summed E-state index contributed by atoms with van der Waals surface area (Å²) >= 11 is 0. The number of nitrogens with one attached hydrogen (secondary N) is 1. The van der Waals surface area contributed by atoms with Crippen LogP contribution in [0.4, 0.5) is 0 Å². The minimum Gasteiger partial charge on any atom is -0.462 e. The monoisotopic (exact) mass is 509 g/mol. The number of ether oxygens (including phenoxy) is 5. The molecule has 1 aromatic rings. The van der Waals surface area contributed by atoms with Crippen LogP contribution in [0.1, 0.15) is 40.2 Å². The number of carbonyl (C=O) groups is 5. The molecule has 0 aliphatic carbocycles. The van der Waals surface area contributed by atoms with E-state index in [9.17, 15) is 24.0 Å². The van der Waals surface area contributed by atoms with E-state index in [4.69, 9.17) is 23.7 Å². The first-order valence-corrected chi connectivity index (χ1v) is 11.6. The molecule has 1 aromatic carbocycles. The Morgan fingerprint density at radius 2 is 1.25 bits per heavy atom. The molecule has 4 unspecified atom stereocenters. The van der Waals surface area contributed by atoms with Crippen molar-refractivity contribution in [2.75, 3.05) is 20.3 Å². The van der Waals surface area contributed by atoms with Gasteiger partial charge in [-0.05, 0) is 26.3 Å². The van der Waals surface area contributed by atoms with Crippen molar-refractivity contribution < 1.29 is 47.7 Å². The van der Waals surface area contributed by atoms with Gasteiger partial charge in [-0.3, -0.25) is 9.59 Å². The van der Waals surface area contributed by atoms with Crippen LogP contribution in [0.2, 0.25) is 0 Å². The maximum atomic E-state index is 12.7. The van der Waals surface area contributed by atoms with Gasteiger partial charge in [0.05, 0.1) is 12.5 Å². The third-order valence-corrected chi connectivity index (χ3v) is 4.80. The Labute approximate surface area is 210 Å². The van der Waals surface area contributed by atoms with E-state index in [1.54, 1.807) is 38.1 Å². The van der Waals surface area contributed by atoms with Crippen molar-refractivity contribution in [3.8, 4) is 0 Å². The Morgan fingerprint density at radius 3 is 1.78 bits per heavy atom. The van der Waals surface area contributed by atoms with E-state index in [0.29, 0.717) is 0 Å². The quantitative estimate of drug-likeness (QED) is 0.222. The zero-order valence-electron chi connectivity index (χ0n) is 21.5. The highest BCUT2D eigenvalue weighted by Gasteiger charge is 2.30. The lowest BCUT2D eigenvalue weighted by molar-refractivity contribution is -0.180. The smallest absolute Gasteiger partial charge is 0.347 e. The number of hydrogen-bond donors (Lipinski definition) is 1. The molecule has 0 saturated carbocycles. The fraction of sp³-hybridized carbons (Fsp3) is 0.560. The van der Waals surface area contributed by atoms with E-state index >= 15 is 0 Å². The second-order valence-electron chi connectivity index (χ2n) is 8.30. The molecule has 0 saturated heterocycles. The first-order valence-electron chi connectivity index (χ1n) is 11.6. The summed E-state index contributed by atoms with van der Waals surface area (Å²) in [6, 6.07) is 7.95. The standard InChI is InChI=1S/C25H35NO10/c1-15(2)22(28)35-17(4)24(30)36-18(5)23(29)34-16(3)21(27)26-20(25(31)33-13-12-32-6)14-19-10-8-7-9-11-19/h7-11,15-18,20H,12-14H2,1-6H3,(H,26,27). The summed E-state index contributed by atoms with van der Waals surface area (Å²) in [4.78, 5) is 61.2. The summed E-state index contributed by atoms with van der Waals surface area (Å²) in [6.45, 7) is 7.30. The van der Waals surface area contributed by atoms with E-state index in [0.717, 1.165) is 5.56 Å². The summed E-state index contributed by atoms with van der Waals surface area (Å²) in [6.07, 6.45) is -3.74. The van der Waals surface area contributed by atoms with E-state index in [1.807, 2.05) is 6.07 Å². The summed E-state index contributed by atoms with van der Waals surface area (Å²) in [7, 11) is 1.46. The molecule has 1 N–H and O–H groups in total. The molecule has 0 spiro atoms. The van der Waals surface area contributed by atoms with Crippen molar-refractivity contribution >= 4 is 29.8 Å². The van der Waals surface area contributed by atoms with Crippen molar-refractivity contribution in [2.45, 2.75) is 65.4 Å². The van der Waals surface area contributed by atoms with E-state index in [2.05, 4.69) is 5.32 Å². The molecule has 0 heterocycles. The molecule has 4 atom stereocenters. The topological polar surface area (TPSA) is 144 Å². The van der Waals surface area contributed by atoms with Crippen molar-refractivity contribution in [2.24, 2.45) is 5.92 Å². The number of carbonyl (C=O) groups excluding carboxylic acids is 5. The first-order chi connectivity index (χ1) is 17.0. The second kappa shape index (κ2) is 15.5. The number of amides is 1. The van der Waals surface area contributed by atoms with Gasteiger partial charge in [0, 0.05) is 13.5 Å². The number of rotatable bonds is 14. The number of esters is 4. The average molecular weight is 510 g/mol. The predicted molar refractivity (Wildman–Crippen MR) is 126 cm³/mol. The molecule has 36 heavy (non-hydrogen) atoms. The fourth-order valence-electron chi connectivity index (χ4n) is 2.66. The molecule has 0 fully saturated rings. The molecule has 11 nitrogen and oxygen atoms in total. The molecule has 11 heteroatoms. The lowest BCUT2D eigenvalue weighted by atomic mass is 10.1. The number of benzene rings is 1. The molecule has 0 aliphatic rings. The molecular weight excluding hydrogens is 474 g/mol. The molecule has 0 aromatic heterocycles. The van der Waals surface area contributed by atoms with Gasteiger partial charge in [0.25, 0.3) is 5.91 Å². The third kappa shape index (κ3) is 10.9. The zero-order chi connectivity index (χ0) is 27.3. The Morgan fingerprint density at radius 1 is 0.722 bits per heavy atom. The van der Waals surface area contributed by atoms with Crippen molar-refractivity contribution in [3.05, 3.63) is 35.9 Å². The first kappa shape index (κ1) is 30.6. The van der Waals surface area contributed by atoms with Gasteiger partial charge >= 0.3 is 23.9 Å². The van der Waals surface area contributed by atoms with Crippen molar-refractivity contribution in [3.63, 3.8) is 0 Å². The van der Waals surface area contributed by atoms with Crippen LogP contribution in [0.5, 0.6) is 0 Å². The highest BCUT2D eigenvalue weighted by molar-refractivity contribution is 5.89. The van der Waals surface area contributed by atoms with Crippen molar-refractivity contribution in [1.82, 2.24) is 5.32 Å². The maximum absolute atomic E-state index is 12.7. The van der Waals surface area contributed by atoms with Crippen LogP contribution in [0.3, 0.4) is 0 Å². The normalized spacial score (nSPS) is 14.1. The Hall–Kier alpha value is -3.47. The van der Waals surface area contributed by atoms with Gasteiger partial charge in [-0.2, -0.15) is 0 Å². The van der Waals surface area contributed by atoms with E-state index in [1.165, 1.54) is 27.9 Å². The van der Waals surface area contributed by atoms with Gasteiger partial charge in [-0.25, -0.2) is 14.4 Å². The molecular formula is C25H35NO10. The van der Waals surface area contributed by atoms with Gasteiger partial charge in [-0.15, -0.1) is 0 Å². The summed E-state index contributed by atoms with van der Waals surface area (Å²) in [5, 5.41) is 2.53. The van der Waals surface area contributed by atoms with Gasteiger partial charge in [0.1, 0.15) is 12.6 Å². The minimum absolute atomic E-state index is 0.00875. The lowest BCUT2D eigenvalue weighted by Gasteiger charge is -2.22. The largest absolute Gasteiger partial charge is 0.462 e.